The van der Waals surface area contributed by atoms with E-state index in [2.05, 4.69) is 15.9 Å². The van der Waals surface area contributed by atoms with Gasteiger partial charge in [0.1, 0.15) is 12.4 Å². The number of anilines is 1. The summed E-state index contributed by atoms with van der Waals surface area (Å²) in [6, 6.07) is 11.4. The van der Waals surface area contributed by atoms with Crippen LogP contribution in [0.4, 0.5) is 5.69 Å². The first-order chi connectivity index (χ1) is 11.0. The first-order valence-corrected chi connectivity index (χ1v) is 8.12. The monoisotopic (exact) mass is 373 g/mol. The van der Waals surface area contributed by atoms with Gasteiger partial charge in [-0.15, -0.1) is 0 Å². The Morgan fingerprint density at radius 1 is 1.04 bits per heavy atom. The zero-order chi connectivity index (χ0) is 16.6. The number of benzene rings is 2. The van der Waals surface area contributed by atoms with Crippen LogP contribution in [0.3, 0.4) is 0 Å². The lowest BCUT2D eigenvalue weighted by Gasteiger charge is -2.18. The van der Waals surface area contributed by atoms with E-state index in [1.165, 1.54) is 4.90 Å². The van der Waals surface area contributed by atoms with Crippen molar-refractivity contribution in [1.82, 2.24) is 0 Å². The number of aryl methyl sites for hydroxylation is 2. The van der Waals surface area contributed by atoms with Crippen LogP contribution in [-0.4, -0.2) is 24.8 Å². The normalized spacial score (nSPS) is 13.4. The Hall–Kier alpha value is -2.14. The van der Waals surface area contributed by atoms with Crippen LogP contribution in [0.5, 0.6) is 5.75 Å². The molecule has 0 aromatic heterocycles. The quantitative estimate of drug-likeness (QED) is 0.768. The van der Waals surface area contributed by atoms with Gasteiger partial charge in [-0.25, -0.2) is 0 Å². The third-order valence-corrected chi connectivity index (χ3v) is 4.37. The molecule has 1 amide bonds. The number of carbonyl (C=O) groups excluding carboxylic acids is 2. The molecule has 118 valence electrons. The van der Waals surface area contributed by atoms with Crippen LogP contribution in [0.15, 0.2) is 40.9 Å². The van der Waals surface area contributed by atoms with Gasteiger partial charge in [-0.05, 0) is 59.6 Å². The topological polar surface area (TPSA) is 46.6 Å². The number of hydrogen-bond donors (Lipinski definition) is 0. The molecule has 2 aromatic rings. The minimum atomic E-state index is -0.501. The van der Waals surface area contributed by atoms with Crippen LogP contribution in [0.1, 0.15) is 21.5 Å². The molecule has 23 heavy (non-hydrogen) atoms. The van der Waals surface area contributed by atoms with Gasteiger partial charge in [0, 0.05) is 4.47 Å². The van der Waals surface area contributed by atoms with E-state index in [9.17, 15) is 9.59 Å². The maximum Gasteiger partial charge on any atom is 0.299 e. The number of hydrogen-bond acceptors (Lipinski definition) is 3. The number of ether oxygens (including phenoxy) is 1. The van der Waals surface area contributed by atoms with Crippen molar-refractivity contribution >= 4 is 33.3 Å². The number of Topliss-reactive ketones (excluding diaryl/α,β-unsaturated/α-hetero) is 1. The van der Waals surface area contributed by atoms with Gasteiger partial charge < -0.3 is 9.64 Å². The fraction of sp³-hybridized carbons (Fsp3) is 0.222. The van der Waals surface area contributed by atoms with E-state index >= 15 is 0 Å². The van der Waals surface area contributed by atoms with Crippen LogP contribution in [-0.2, 0) is 4.79 Å². The molecule has 0 unspecified atom stereocenters. The summed E-state index contributed by atoms with van der Waals surface area (Å²) in [6.45, 7) is 4.55. The summed E-state index contributed by atoms with van der Waals surface area (Å²) in [5.41, 5.74) is 3.19. The summed E-state index contributed by atoms with van der Waals surface area (Å²) in [4.78, 5) is 25.8. The highest BCUT2D eigenvalue weighted by atomic mass is 79.9. The number of fused-ring (bicyclic) bond motifs is 1. The standard InChI is InChI=1S/C18H16BrNO3/c1-11-3-5-13(6-4-11)23-8-7-20-16-14(17(21)18(20)22)9-12(2)10-15(16)19/h3-6,9-10H,7-8H2,1-2H3. The second-order valence-corrected chi connectivity index (χ2v) is 6.44. The maximum absolute atomic E-state index is 12.2. The summed E-state index contributed by atoms with van der Waals surface area (Å²) >= 11 is 3.45. The molecule has 1 aliphatic rings. The van der Waals surface area contributed by atoms with Crippen LogP contribution >= 0.6 is 15.9 Å². The molecule has 0 atom stereocenters. The second kappa shape index (κ2) is 6.16. The van der Waals surface area contributed by atoms with Gasteiger partial charge in [-0.3, -0.25) is 9.59 Å². The third-order valence-electron chi connectivity index (χ3n) is 3.77. The number of ketones is 1. The second-order valence-electron chi connectivity index (χ2n) is 5.59. The van der Waals surface area contributed by atoms with Crippen LogP contribution in [0.2, 0.25) is 0 Å². The zero-order valence-electron chi connectivity index (χ0n) is 12.9. The van der Waals surface area contributed by atoms with Crippen LogP contribution < -0.4 is 9.64 Å². The van der Waals surface area contributed by atoms with E-state index in [1.54, 1.807) is 6.07 Å². The maximum atomic E-state index is 12.2. The van der Waals surface area contributed by atoms with Gasteiger partial charge in [0.15, 0.2) is 0 Å². The SMILES string of the molecule is Cc1ccc(OCCN2C(=O)C(=O)c3cc(C)cc(Br)c32)cc1. The lowest BCUT2D eigenvalue weighted by Crippen LogP contribution is -2.33. The average Bonchev–Trinajstić information content (AvgIpc) is 2.74. The third kappa shape index (κ3) is 3.01. The molecule has 1 heterocycles. The highest BCUT2D eigenvalue weighted by Gasteiger charge is 2.37. The van der Waals surface area contributed by atoms with Crippen molar-refractivity contribution in [3.05, 3.63) is 57.6 Å². The lowest BCUT2D eigenvalue weighted by atomic mass is 10.1. The van der Waals surface area contributed by atoms with Crippen molar-refractivity contribution < 1.29 is 14.3 Å². The number of rotatable bonds is 4. The number of halogens is 1. The van der Waals surface area contributed by atoms with Gasteiger partial charge in [-0.1, -0.05) is 17.7 Å². The van der Waals surface area contributed by atoms with Gasteiger partial charge in [-0.2, -0.15) is 0 Å². The van der Waals surface area contributed by atoms with Crippen molar-refractivity contribution in [2.24, 2.45) is 0 Å². The van der Waals surface area contributed by atoms with E-state index in [0.29, 0.717) is 24.4 Å². The first-order valence-electron chi connectivity index (χ1n) is 7.33. The van der Waals surface area contributed by atoms with Crippen molar-refractivity contribution in [2.75, 3.05) is 18.1 Å². The van der Waals surface area contributed by atoms with Crippen molar-refractivity contribution in [1.29, 1.82) is 0 Å². The summed E-state index contributed by atoms with van der Waals surface area (Å²) in [5, 5.41) is 0. The number of amides is 1. The molecule has 0 aliphatic carbocycles. The van der Waals surface area contributed by atoms with Crippen LogP contribution in [0, 0.1) is 13.8 Å². The summed E-state index contributed by atoms with van der Waals surface area (Å²) in [6.07, 6.45) is 0. The Morgan fingerprint density at radius 2 is 1.74 bits per heavy atom. The van der Waals surface area contributed by atoms with E-state index in [0.717, 1.165) is 21.3 Å². The molecule has 1 aliphatic heterocycles. The van der Waals surface area contributed by atoms with E-state index < -0.39 is 11.7 Å². The molecule has 0 saturated heterocycles. The highest BCUT2D eigenvalue weighted by Crippen LogP contribution is 2.36. The largest absolute Gasteiger partial charge is 0.492 e. The van der Waals surface area contributed by atoms with Gasteiger partial charge >= 0.3 is 0 Å². The van der Waals surface area contributed by atoms with Crippen molar-refractivity contribution in [3.63, 3.8) is 0 Å². The molecule has 3 rings (SSSR count). The molecular weight excluding hydrogens is 358 g/mol. The predicted octanol–water partition coefficient (Wildman–Crippen LogP) is 3.67. The molecule has 2 aromatic carbocycles. The Kier molecular flexibility index (Phi) is 4.22. The van der Waals surface area contributed by atoms with E-state index in [1.807, 2.05) is 44.2 Å². The smallest absolute Gasteiger partial charge is 0.299 e. The van der Waals surface area contributed by atoms with Gasteiger partial charge in [0.05, 0.1) is 17.8 Å². The molecule has 4 nitrogen and oxygen atoms in total. The number of nitrogens with zero attached hydrogens (tertiary/aromatic N) is 1. The first kappa shape index (κ1) is 15.7. The Labute approximate surface area is 143 Å². The lowest BCUT2D eigenvalue weighted by molar-refractivity contribution is -0.114. The molecule has 0 N–H and O–H groups in total. The van der Waals surface area contributed by atoms with E-state index in [-0.39, 0.29) is 0 Å². The van der Waals surface area contributed by atoms with E-state index in [4.69, 9.17) is 4.74 Å². The summed E-state index contributed by atoms with van der Waals surface area (Å²) < 4.78 is 6.42. The number of carbonyl (C=O) groups is 2. The summed E-state index contributed by atoms with van der Waals surface area (Å²) in [7, 11) is 0. The Balaban J connectivity index is 1.75. The summed E-state index contributed by atoms with van der Waals surface area (Å²) in [5.74, 6) is -0.213. The minimum absolute atomic E-state index is 0.321. The fourth-order valence-electron chi connectivity index (χ4n) is 2.62. The highest BCUT2D eigenvalue weighted by molar-refractivity contribution is 9.10. The van der Waals surface area contributed by atoms with Gasteiger partial charge in [0.25, 0.3) is 11.7 Å². The van der Waals surface area contributed by atoms with Crippen molar-refractivity contribution in [2.45, 2.75) is 13.8 Å². The molecule has 0 saturated carbocycles. The Bertz CT molecular complexity index is 784. The average molecular weight is 374 g/mol. The van der Waals surface area contributed by atoms with Crippen LogP contribution in [0.25, 0.3) is 0 Å². The molecule has 0 bridgehead atoms. The zero-order valence-corrected chi connectivity index (χ0v) is 14.5. The molecular formula is C18H16BrNO3. The van der Waals surface area contributed by atoms with Gasteiger partial charge in [0.2, 0.25) is 0 Å². The molecule has 0 fully saturated rings. The Morgan fingerprint density at radius 3 is 2.43 bits per heavy atom. The predicted molar refractivity (Wildman–Crippen MR) is 92.2 cm³/mol. The molecule has 0 radical (unpaired) electrons. The fourth-order valence-corrected chi connectivity index (χ4v) is 3.41. The minimum Gasteiger partial charge on any atom is -0.492 e. The molecule has 5 heteroatoms. The molecule has 0 spiro atoms. The van der Waals surface area contributed by atoms with Crippen molar-refractivity contribution in [3.8, 4) is 5.75 Å².